The SMILES string of the molecule is O=C(Nc1ccc([N+](=O)[O-])cc1)[C@@H]1CC(=O)N(c2ccc(Cl)cc2)C1. The third-order valence-corrected chi connectivity index (χ3v) is 4.23. The molecule has 7 nitrogen and oxygen atoms in total. The van der Waals surface area contributed by atoms with Crippen molar-refractivity contribution in [1.29, 1.82) is 0 Å². The molecule has 1 fully saturated rings. The van der Waals surface area contributed by atoms with Gasteiger partial charge in [0.1, 0.15) is 0 Å². The number of nitrogens with one attached hydrogen (secondary N) is 1. The lowest BCUT2D eigenvalue weighted by atomic mass is 10.1. The highest BCUT2D eigenvalue weighted by Crippen LogP contribution is 2.27. The Labute approximate surface area is 148 Å². The summed E-state index contributed by atoms with van der Waals surface area (Å²) in [5, 5.41) is 13.9. The van der Waals surface area contributed by atoms with Crippen LogP contribution < -0.4 is 10.2 Å². The number of nitrogens with zero attached hydrogens (tertiary/aromatic N) is 2. The Morgan fingerprint density at radius 3 is 2.40 bits per heavy atom. The van der Waals surface area contributed by atoms with E-state index in [-0.39, 0.29) is 30.5 Å². The summed E-state index contributed by atoms with van der Waals surface area (Å²) >= 11 is 5.85. The molecule has 0 radical (unpaired) electrons. The van der Waals surface area contributed by atoms with Crippen LogP contribution in [0.3, 0.4) is 0 Å². The fraction of sp³-hybridized carbons (Fsp3) is 0.176. The summed E-state index contributed by atoms with van der Waals surface area (Å²) < 4.78 is 0. The Morgan fingerprint density at radius 2 is 1.80 bits per heavy atom. The third kappa shape index (κ3) is 3.77. The molecule has 3 rings (SSSR count). The molecule has 0 bridgehead atoms. The van der Waals surface area contributed by atoms with Crippen LogP contribution in [0.5, 0.6) is 0 Å². The lowest BCUT2D eigenvalue weighted by Crippen LogP contribution is -2.28. The van der Waals surface area contributed by atoms with Crippen LogP contribution >= 0.6 is 11.6 Å². The molecular formula is C17H14ClN3O4. The zero-order valence-electron chi connectivity index (χ0n) is 13.0. The average Bonchev–Trinajstić information content (AvgIpc) is 2.98. The van der Waals surface area contributed by atoms with Crippen molar-refractivity contribution >= 4 is 40.5 Å². The molecule has 1 aliphatic heterocycles. The summed E-state index contributed by atoms with van der Waals surface area (Å²) in [6, 6.07) is 12.4. The number of nitro benzene ring substituents is 1. The predicted octanol–water partition coefficient (Wildman–Crippen LogP) is 3.24. The molecule has 2 aromatic carbocycles. The second-order valence-electron chi connectivity index (χ2n) is 5.68. The minimum absolute atomic E-state index is 0.0528. The molecule has 0 aliphatic carbocycles. The fourth-order valence-corrected chi connectivity index (χ4v) is 2.79. The highest BCUT2D eigenvalue weighted by molar-refractivity contribution is 6.30. The second-order valence-corrected chi connectivity index (χ2v) is 6.11. The molecular weight excluding hydrogens is 346 g/mol. The van der Waals surface area contributed by atoms with E-state index in [9.17, 15) is 19.7 Å². The molecule has 8 heteroatoms. The van der Waals surface area contributed by atoms with Gasteiger partial charge in [-0.1, -0.05) is 11.6 Å². The van der Waals surface area contributed by atoms with Crippen LogP contribution in [0.1, 0.15) is 6.42 Å². The maximum Gasteiger partial charge on any atom is 0.269 e. The van der Waals surface area contributed by atoms with E-state index in [1.165, 1.54) is 24.3 Å². The van der Waals surface area contributed by atoms with Gasteiger partial charge in [-0.15, -0.1) is 0 Å². The Morgan fingerprint density at radius 1 is 1.16 bits per heavy atom. The number of anilines is 2. The summed E-state index contributed by atoms with van der Waals surface area (Å²) in [6.45, 7) is 0.277. The normalized spacial score (nSPS) is 16.8. The first-order valence-electron chi connectivity index (χ1n) is 7.55. The summed E-state index contributed by atoms with van der Waals surface area (Å²) in [7, 11) is 0. The number of hydrogen-bond donors (Lipinski definition) is 1. The second kappa shape index (κ2) is 6.90. The van der Waals surface area contributed by atoms with Gasteiger partial charge in [0.2, 0.25) is 11.8 Å². The van der Waals surface area contributed by atoms with E-state index in [1.807, 2.05) is 0 Å². The Bertz CT molecular complexity index is 821. The third-order valence-electron chi connectivity index (χ3n) is 3.98. The van der Waals surface area contributed by atoms with Crippen molar-refractivity contribution in [3.8, 4) is 0 Å². The molecule has 0 spiro atoms. The van der Waals surface area contributed by atoms with Crippen molar-refractivity contribution in [2.45, 2.75) is 6.42 Å². The number of carbonyl (C=O) groups is 2. The van der Waals surface area contributed by atoms with Crippen molar-refractivity contribution in [2.24, 2.45) is 5.92 Å². The van der Waals surface area contributed by atoms with Crippen LogP contribution in [-0.2, 0) is 9.59 Å². The van der Waals surface area contributed by atoms with Gasteiger partial charge < -0.3 is 10.2 Å². The Hall–Kier alpha value is -2.93. The van der Waals surface area contributed by atoms with Gasteiger partial charge in [0, 0.05) is 41.5 Å². The van der Waals surface area contributed by atoms with E-state index >= 15 is 0 Å². The van der Waals surface area contributed by atoms with E-state index < -0.39 is 10.8 Å². The molecule has 1 atom stereocenters. The van der Waals surface area contributed by atoms with Gasteiger partial charge in [0.15, 0.2) is 0 Å². The summed E-state index contributed by atoms with van der Waals surface area (Å²) in [4.78, 5) is 36.2. The van der Waals surface area contributed by atoms with Gasteiger partial charge >= 0.3 is 0 Å². The lowest BCUT2D eigenvalue weighted by Gasteiger charge is -2.16. The minimum Gasteiger partial charge on any atom is -0.326 e. The van der Waals surface area contributed by atoms with Gasteiger partial charge in [-0.25, -0.2) is 0 Å². The number of non-ortho nitro benzene ring substituents is 1. The monoisotopic (exact) mass is 359 g/mol. The van der Waals surface area contributed by atoms with Crippen molar-refractivity contribution in [3.63, 3.8) is 0 Å². The topological polar surface area (TPSA) is 92.5 Å². The highest BCUT2D eigenvalue weighted by Gasteiger charge is 2.35. The van der Waals surface area contributed by atoms with Crippen LogP contribution in [0.25, 0.3) is 0 Å². The maximum absolute atomic E-state index is 12.4. The molecule has 1 heterocycles. The molecule has 1 aliphatic rings. The molecule has 2 amide bonds. The largest absolute Gasteiger partial charge is 0.326 e. The lowest BCUT2D eigenvalue weighted by molar-refractivity contribution is -0.384. The first-order chi connectivity index (χ1) is 11.9. The van der Waals surface area contributed by atoms with Gasteiger partial charge in [-0.05, 0) is 36.4 Å². The zero-order valence-corrected chi connectivity index (χ0v) is 13.8. The number of amides is 2. The minimum atomic E-state index is -0.509. The summed E-state index contributed by atoms with van der Waals surface area (Å²) in [5.74, 6) is -0.914. The maximum atomic E-state index is 12.4. The van der Waals surface area contributed by atoms with Crippen molar-refractivity contribution < 1.29 is 14.5 Å². The summed E-state index contributed by atoms with van der Waals surface area (Å²) in [6.07, 6.45) is 0.113. The van der Waals surface area contributed by atoms with E-state index in [0.717, 1.165) is 0 Å². The van der Waals surface area contributed by atoms with E-state index in [1.54, 1.807) is 29.2 Å². The Kier molecular flexibility index (Phi) is 4.67. The van der Waals surface area contributed by atoms with E-state index in [2.05, 4.69) is 5.32 Å². The molecule has 0 aromatic heterocycles. The van der Waals surface area contributed by atoms with Crippen LogP contribution in [-0.4, -0.2) is 23.3 Å². The molecule has 1 saturated heterocycles. The molecule has 25 heavy (non-hydrogen) atoms. The smallest absolute Gasteiger partial charge is 0.269 e. The van der Waals surface area contributed by atoms with Crippen molar-refractivity contribution in [1.82, 2.24) is 0 Å². The van der Waals surface area contributed by atoms with Crippen molar-refractivity contribution in [3.05, 3.63) is 63.7 Å². The van der Waals surface area contributed by atoms with Gasteiger partial charge in [0.05, 0.1) is 10.8 Å². The quantitative estimate of drug-likeness (QED) is 0.670. The molecule has 128 valence electrons. The van der Waals surface area contributed by atoms with E-state index in [0.29, 0.717) is 16.4 Å². The molecule has 1 N–H and O–H groups in total. The fourth-order valence-electron chi connectivity index (χ4n) is 2.66. The van der Waals surface area contributed by atoms with Crippen molar-refractivity contribution in [2.75, 3.05) is 16.8 Å². The first-order valence-corrected chi connectivity index (χ1v) is 7.93. The molecule has 0 unspecified atom stereocenters. The summed E-state index contributed by atoms with van der Waals surface area (Å²) in [5.41, 5.74) is 1.09. The van der Waals surface area contributed by atoms with Crippen LogP contribution in [0.4, 0.5) is 17.1 Å². The standard InChI is InChI=1S/C17H14ClN3O4/c18-12-1-5-14(6-2-12)20-10-11(9-16(20)22)17(23)19-13-3-7-15(8-4-13)21(24)25/h1-8,11H,9-10H2,(H,19,23)/t11-/m1/s1. The van der Waals surface area contributed by atoms with Crippen LogP contribution in [0.2, 0.25) is 5.02 Å². The Balaban J connectivity index is 1.66. The number of halogens is 1. The van der Waals surface area contributed by atoms with Gasteiger partial charge in [-0.3, -0.25) is 19.7 Å². The number of carbonyl (C=O) groups excluding carboxylic acids is 2. The van der Waals surface area contributed by atoms with Gasteiger partial charge in [0.25, 0.3) is 5.69 Å². The van der Waals surface area contributed by atoms with Crippen LogP contribution in [0, 0.1) is 16.0 Å². The highest BCUT2D eigenvalue weighted by atomic mass is 35.5. The van der Waals surface area contributed by atoms with Gasteiger partial charge in [-0.2, -0.15) is 0 Å². The number of nitro groups is 1. The predicted molar refractivity (Wildman–Crippen MR) is 93.6 cm³/mol. The first kappa shape index (κ1) is 16.9. The number of hydrogen-bond acceptors (Lipinski definition) is 4. The average molecular weight is 360 g/mol. The van der Waals surface area contributed by atoms with Crippen LogP contribution in [0.15, 0.2) is 48.5 Å². The zero-order chi connectivity index (χ0) is 18.0. The number of benzene rings is 2. The van der Waals surface area contributed by atoms with E-state index in [4.69, 9.17) is 11.6 Å². The molecule has 2 aromatic rings. The molecule has 0 saturated carbocycles. The number of rotatable bonds is 4.